The van der Waals surface area contributed by atoms with Crippen LogP contribution in [-0.4, -0.2) is 48.5 Å². The van der Waals surface area contributed by atoms with Crippen LogP contribution in [0.5, 0.6) is 5.75 Å². The number of likely N-dealkylation sites (N-methyl/N-ethyl adjacent to an activating group) is 1. The zero-order valence-electron chi connectivity index (χ0n) is 15.3. The molecular weight excluding hydrogens is 290 g/mol. The standard InChI is InChI=1S/C19H33NO3/c1-6-13-23-18-8-7-15(19(2,3)4)14-16(18)17(22)9-10-20(5)11-12-21/h7-8,14,17,21-22H,6,9-13H2,1-5H3. The molecule has 0 aliphatic carbocycles. The van der Waals surface area contributed by atoms with E-state index in [1.807, 2.05) is 18.0 Å². The van der Waals surface area contributed by atoms with Crippen molar-refractivity contribution in [3.05, 3.63) is 29.3 Å². The molecule has 1 aromatic rings. The highest BCUT2D eigenvalue weighted by Gasteiger charge is 2.20. The lowest BCUT2D eigenvalue weighted by Crippen LogP contribution is -2.24. The zero-order valence-corrected chi connectivity index (χ0v) is 15.3. The Balaban J connectivity index is 2.93. The molecule has 23 heavy (non-hydrogen) atoms. The van der Waals surface area contributed by atoms with E-state index in [2.05, 4.69) is 39.8 Å². The molecule has 0 spiro atoms. The molecule has 0 aliphatic heterocycles. The lowest BCUT2D eigenvalue weighted by molar-refractivity contribution is 0.137. The second kappa shape index (κ2) is 9.26. The van der Waals surface area contributed by atoms with Crippen LogP contribution in [0.1, 0.15) is 57.8 Å². The number of rotatable bonds is 9. The van der Waals surface area contributed by atoms with E-state index in [1.54, 1.807) is 0 Å². The maximum Gasteiger partial charge on any atom is 0.125 e. The number of aliphatic hydroxyl groups is 2. The van der Waals surface area contributed by atoms with Gasteiger partial charge >= 0.3 is 0 Å². The normalized spacial score (nSPS) is 13.4. The van der Waals surface area contributed by atoms with Crippen molar-refractivity contribution in [2.45, 2.75) is 52.1 Å². The Bertz CT molecular complexity index is 468. The zero-order chi connectivity index (χ0) is 17.5. The van der Waals surface area contributed by atoms with E-state index in [9.17, 15) is 5.11 Å². The smallest absolute Gasteiger partial charge is 0.125 e. The van der Waals surface area contributed by atoms with E-state index < -0.39 is 6.10 Å². The van der Waals surface area contributed by atoms with Gasteiger partial charge in [0.1, 0.15) is 5.75 Å². The van der Waals surface area contributed by atoms with E-state index in [4.69, 9.17) is 9.84 Å². The molecule has 0 heterocycles. The Hall–Kier alpha value is -1.10. The molecule has 2 N–H and O–H groups in total. The summed E-state index contributed by atoms with van der Waals surface area (Å²) >= 11 is 0. The summed E-state index contributed by atoms with van der Waals surface area (Å²) in [6, 6.07) is 6.13. The largest absolute Gasteiger partial charge is 0.493 e. The maximum atomic E-state index is 10.6. The summed E-state index contributed by atoms with van der Waals surface area (Å²) in [7, 11) is 1.95. The van der Waals surface area contributed by atoms with Crippen molar-refractivity contribution in [2.24, 2.45) is 0 Å². The van der Waals surface area contributed by atoms with Crippen molar-refractivity contribution >= 4 is 0 Å². The molecule has 132 valence electrons. The lowest BCUT2D eigenvalue weighted by Gasteiger charge is -2.24. The monoisotopic (exact) mass is 323 g/mol. The number of aliphatic hydroxyl groups excluding tert-OH is 2. The van der Waals surface area contributed by atoms with Gasteiger partial charge in [-0.05, 0) is 43.0 Å². The van der Waals surface area contributed by atoms with Crippen LogP contribution in [0.25, 0.3) is 0 Å². The minimum atomic E-state index is -0.565. The Labute approximate surface area is 141 Å². The molecule has 0 bridgehead atoms. The number of hydrogen-bond acceptors (Lipinski definition) is 4. The van der Waals surface area contributed by atoms with E-state index in [1.165, 1.54) is 5.56 Å². The maximum absolute atomic E-state index is 10.6. The fourth-order valence-electron chi connectivity index (χ4n) is 2.40. The molecule has 4 heteroatoms. The molecule has 0 fully saturated rings. The van der Waals surface area contributed by atoms with Crippen LogP contribution in [0.3, 0.4) is 0 Å². The number of benzene rings is 1. The lowest BCUT2D eigenvalue weighted by atomic mass is 9.85. The Morgan fingerprint density at radius 3 is 2.48 bits per heavy atom. The second-order valence-corrected chi connectivity index (χ2v) is 7.18. The predicted molar refractivity (Wildman–Crippen MR) is 95.1 cm³/mol. The van der Waals surface area contributed by atoms with Crippen molar-refractivity contribution in [3.63, 3.8) is 0 Å². The third-order valence-corrected chi connectivity index (χ3v) is 3.96. The molecule has 0 aliphatic rings. The number of hydrogen-bond donors (Lipinski definition) is 2. The van der Waals surface area contributed by atoms with E-state index in [-0.39, 0.29) is 12.0 Å². The fourth-order valence-corrected chi connectivity index (χ4v) is 2.40. The van der Waals surface area contributed by atoms with Gasteiger partial charge in [0.05, 0.1) is 19.3 Å². The average Bonchev–Trinajstić information content (AvgIpc) is 2.49. The minimum absolute atomic E-state index is 0.0332. The quantitative estimate of drug-likeness (QED) is 0.733. The van der Waals surface area contributed by atoms with Gasteiger partial charge in [-0.15, -0.1) is 0 Å². The molecule has 0 aromatic heterocycles. The van der Waals surface area contributed by atoms with Crippen molar-refractivity contribution in [1.29, 1.82) is 0 Å². The van der Waals surface area contributed by atoms with Crippen LogP contribution in [-0.2, 0) is 5.41 Å². The van der Waals surface area contributed by atoms with Crippen LogP contribution in [0.15, 0.2) is 18.2 Å². The van der Waals surface area contributed by atoms with Gasteiger partial charge in [-0.2, -0.15) is 0 Å². The summed E-state index contributed by atoms with van der Waals surface area (Å²) in [5, 5.41) is 19.6. The van der Waals surface area contributed by atoms with E-state index in [0.717, 1.165) is 24.3 Å². The van der Waals surface area contributed by atoms with E-state index in [0.29, 0.717) is 19.6 Å². The Morgan fingerprint density at radius 2 is 1.91 bits per heavy atom. The first kappa shape index (κ1) is 19.9. The van der Waals surface area contributed by atoms with Crippen LogP contribution in [0.2, 0.25) is 0 Å². The minimum Gasteiger partial charge on any atom is -0.493 e. The molecule has 0 radical (unpaired) electrons. The highest BCUT2D eigenvalue weighted by molar-refractivity contribution is 5.41. The van der Waals surface area contributed by atoms with Crippen LogP contribution in [0.4, 0.5) is 0 Å². The summed E-state index contributed by atoms with van der Waals surface area (Å²) in [5.41, 5.74) is 2.09. The molecule has 4 nitrogen and oxygen atoms in total. The van der Waals surface area contributed by atoms with Gasteiger partial charge in [-0.25, -0.2) is 0 Å². The Kier molecular flexibility index (Phi) is 8.03. The van der Waals surface area contributed by atoms with Gasteiger partial charge in [0, 0.05) is 18.7 Å². The molecule has 0 amide bonds. The summed E-state index contributed by atoms with van der Waals surface area (Å²) in [6.45, 7) is 10.7. The van der Waals surface area contributed by atoms with Gasteiger partial charge in [0.2, 0.25) is 0 Å². The van der Waals surface area contributed by atoms with Crippen molar-refractivity contribution in [3.8, 4) is 5.75 Å². The molecule has 0 saturated heterocycles. The summed E-state index contributed by atoms with van der Waals surface area (Å²) in [4.78, 5) is 2.02. The first-order valence-corrected chi connectivity index (χ1v) is 8.54. The van der Waals surface area contributed by atoms with Gasteiger partial charge in [0.25, 0.3) is 0 Å². The Morgan fingerprint density at radius 1 is 1.22 bits per heavy atom. The average molecular weight is 323 g/mol. The SMILES string of the molecule is CCCOc1ccc(C(C)(C)C)cc1C(O)CCN(C)CCO. The molecular formula is C19H33NO3. The third kappa shape index (κ3) is 6.50. The van der Waals surface area contributed by atoms with Crippen molar-refractivity contribution in [1.82, 2.24) is 4.90 Å². The molecule has 1 atom stereocenters. The summed E-state index contributed by atoms with van der Waals surface area (Å²) in [6.07, 6.45) is 0.993. The van der Waals surface area contributed by atoms with Gasteiger partial charge in [-0.3, -0.25) is 0 Å². The summed E-state index contributed by atoms with van der Waals surface area (Å²) < 4.78 is 5.82. The first-order chi connectivity index (χ1) is 10.8. The molecule has 0 saturated carbocycles. The topological polar surface area (TPSA) is 52.9 Å². The van der Waals surface area contributed by atoms with E-state index >= 15 is 0 Å². The fraction of sp³-hybridized carbons (Fsp3) is 0.684. The number of nitrogens with zero attached hydrogens (tertiary/aromatic N) is 1. The molecule has 1 aromatic carbocycles. The van der Waals surface area contributed by atoms with Gasteiger partial charge in [0.15, 0.2) is 0 Å². The van der Waals surface area contributed by atoms with Crippen LogP contribution < -0.4 is 4.74 Å². The van der Waals surface area contributed by atoms with Gasteiger partial charge < -0.3 is 19.8 Å². The third-order valence-electron chi connectivity index (χ3n) is 3.96. The van der Waals surface area contributed by atoms with Crippen molar-refractivity contribution in [2.75, 3.05) is 33.4 Å². The van der Waals surface area contributed by atoms with Crippen LogP contribution >= 0.6 is 0 Å². The number of ether oxygens (including phenoxy) is 1. The summed E-state index contributed by atoms with van der Waals surface area (Å²) in [5.74, 6) is 0.775. The van der Waals surface area contributed by atoms with Gasteiger partial charge in [-0.1, -0.05) is 33.8 Å². The second-order valence-electron chi connectivity index (χ2n) is 7.18. The molecule has 1 unspecified atom stereocenters. The molecule has 1 rings (SSSR count). The van der Waals surface area contributed by atoms with Crippen molar-refractivity contribution < 1.29 is 14.9 Å². The highest BCUT2D eigenvalue weighted by Crippen LogP contribution is 2.33. The highest BCUT2D eigenvalue weighted by atomic mass is 16.5. The van der Waals surface area contributed by atoms with Crippen LogP contribution in [0, 0.1) is 0 Å². The first-order valence-electron chi connectivity index (χ1n) is 8.54. The predicted octanol–water partition coefficient (Wildman–Crippen LogP) is 3.12.